The highest BCUT2D eigenvalue weighted by Crippen LogP contribution is 2.75. The number of allylic oxidation sites excluding steroid dienone is 2. The van der Waals surface area contributed by atoms with Crippen LogP contribution in [-0.2, 0) is 21.0 Å². The third-order valence-electron chi connectivity index (χ3n) is 14.1. The molecule has 4 heteroatoms. The molecule has 4 saturated carbocycles. The number of rotatable bonds is 4. The Kier molecular flexibility index (Phi) is 6.77. The summed E-state index contributed by atoms with van der Waals surface area (Å²) >= 11 is 0. The van der Waals surface area contributed by atoms with Gasteiger partial charge in [0, 0.05) is 11.3 Å². The van der Waals surface area contributed by atoms with Gasteiger partial charge in [0.25, 0.3) is 0 Å². The third-order valence-corrected chi connectivity index (χ3v) is 14.1. The highest BCUT2D eigenvalue weighted by atomic mass is 16.6. The number of carbonyl (C=O) groups is 2. The summed E-state index contributed by atoms with van der Waals surface area (Å²) in [5, 5.41) is 0. The van der Waals surface area contributed by atoms with Crippen molar-refractivity contribution in [2.45, 2.75) is 119 Å². The van der Waals surface area contributed by atoms with Crippen molar-refractivity contribution in [3.8, 4) is 0 Å². The molecule has 0 saturated heterocycles. The number of hydroxylamine groups is 1. The van der Waals surface area contributed by atoms with E-state index in [0.29, 0.717) is 23.7 Å². The first kappa shape index (κ1) is 29.1. The number of benzene rings is 1. The Hall–Kier alpha value is -1.94. The number of amides is 1. The van der Waals surface area contributed by atoms with Gasteiger partial charge in [0.1, 0.15) is 0 Å². The zero-order valence-corrected chi connectivity index (χ0v) is 26.7. The maximum absolute atomic E-state index is 14.5. The first-order valence-corrected chi connectivity index (χ1v) is 16.4. The molecule has 1 aromatic carbocycles. The van der Waals surface area contributed by atoms with Crippen LogP contribution < -0.4 is 5.48 Å². The number of fused-ring (bicyclic) bond motifs is 7. The van der Waals surface area contributed by atoms with Gasteiger partial charge < -0.3 is 0 Å². The molecule has 0 bridgehead atoms. The van der Waals surface area contributed by atoms with Crippen LogP contribution in [0.2, 0.25) is 0 Å². The normalized spacial score (nSPS) is 44.9. The predicted molar refractivity (Wildman–Crippen MR) is 163 cm³/mol. The minimum atomic E-state index is -0.516. The Morgan fingerprint density at radius 1 is 0.902 bits per heavy atom. The number of carbonyl (C=O) groups excluding carboxylic acids is 2. The molecule has 5 aliphatic rings. The number of nitrogens with one attached hydrogen (secondary N) is 1. The van der Waals surface area contributed by atoms with E-state index in [2.05, 4.69) is 60.0 Å². The molecule has 4 nitrogen and oxygen atoms in total. The van der Waals surface area contributed by atoms with Crippen molar-refractivity contribution < 1.29 is 14.4 Å². The third kappa shape index (κ3) is 4.24. The highest BCUT2D eigenvalue weighted by molar-refractivity contribution is 5.95. The van der Waals surface area contributed by atoms with Gasteiger partial charge in [-0.2, -0.15) is 0 Å². The molecule has 41 heavy (non-hydrogen) atoms. The molecular formula is C37H53NO3. The summed E-state index contributed by atoms with van der Waals surface area (Å²) in [6.07, 6.45) is 13.2. The zero-order chi connectivity index (χ0) is 29.5. The van der Waals surface area contributed by atoms with Crippen molar-refractivity contribution in [3.05, 3.63) is 47.5 Å². The fourth-order valence-electron chi connectivity index (χ4n) is 11.4. The van der Waals surface area contributed by atoms with Crippen LogP contribution in [0.4, 0.5) is 0 Å². The lowest BCUT2D eigenvalue weighted by atomic mass is 9.33. The molecule has 1 aromatic rings. The largest absolute Gasteiger partial charge is 0.295 e. The van der Waals surface area contributed by atoms with Gasteiger partial charge in [0.2, 0.25) is 5.91 Å². The monoisotopic (exact) mass is 559 g/mol. The molecule has 0 radical (unpaired) electrons. The summed E-state index contributed by atoms with van der Waals surface area (Å²) < 4.78 is 0. The Bertz CT molecular complexity index is 1250. The molecule has 6 rings (SSSR count). The quantitative estimate of drug-likeness (QED) is 0.376. The van der Waals surface area contributed by atoms with E-state index in [1.54, 1.807) is 0 Å². The van der Waals surface area contributed by atoms with Crippen LogP contribution in [0.5, 0.6) is 0 Å². The highest BCUT2D eigenvalue weighted by Gasteiger charge is 2.69. The first-order chi connectivity index (χ1) is 19.2. The summed E-state index contributed by atoms with van der Waals surface area (Å²) in [5.41, 5.74) is 5.15. The van der Waals surface area contributed by atoms with Crippen LogP contribution in [0, 0.1) is 50.2 Å². The van der Waals surface area contributed by atoms with Crippen molar-refractivity contribution in [1.29, 1.82) is 0 Å². The van der Waals surface area contributed by atoms with Crippen molar-refractivity contribution in [1.82, 2.24) is 5.48 Å². The molecule has 0 heterocycles. The Morgan fingerprint density at radius 3 is 2.34 bits per heavy atom. The van der Waals surface area contributed by atoms with Crippen molar-refractivity contribution in [3.63, 3.8) is 0 Å². The summed E-state index contributed by atoms with van der Waals surface area (Å²) in [6.45, 7) is 17.3. The molecule has 0 spiro atoms. The van der Waals surface area contributed by atoms with Gasteiger partial charge in [0.05, 0.1) is 6.61 Å². The summed E-state index contributed by atoms with van der Waals surface area (Å²) in [6, 6.07) is 9.96. The van der Waals surface area contributed by atoms with Crippen LogP contribution in [0.3, 0.4) is 0 Å². The molecule has 4 fully saturated rings. The first-order valence-electron chi connectivity index (χ1n) is 16.4. The number of ketones is 1. The van der Waals surface area contributed by atoms with E-state index < -0.39 is 5.41 Å². The van der Waals surface area contributed by atoms with E-state index in [4.69, 9.17) is 4.84 Å². The van der Waals surface area contributed by atoms with Crippen molar-refractivity contribution in [2.24, 2.45) is 50.2 Å². The average Bonchev–Trinajstić information content (AvgIpc) is 2.91. The van der Waals surface area contributed by atoms with E-state index in [9.17, 15) is 9.59 Å². The molecule has 1 N–H and O–H groups in total. The van der Waals surface area contributed by atoms with Gasteiger partial charge in [-0.15, -0.1) is 0 Å². The topological polar surface area (TPSA) is 55.4 Å². The predicted octanol–water partition coefficient (Wildman–Crippen LogP) is 8.61. The Balaban J connectivity index is 1.29. The second kappa shape index (κ2) is 9.53. The molecular weight excluding hydrogens is 506 g/mol. The van der Waals surface area contributed by atoms with Gasteiger partial charge >= 0.3 is 0 Å². The second-order valence-corrected chi connectivity index (χ2v) is 16.8. The maximum Gasteiger partial charge on any atom is 0.249 e. The smallest absolute Gasteiger partial charge is 0.249 e. The average molecular weight is 560 g/mol. The molecule has 0 aliphatic heterocycles. The Labute approximate surface area is 248 Å². The van der Waals surface area contributed by atoms with Gasteiger partial charge in [0.15, 0.2) is 5.78 Å². The molecule has 2 unspecified atom stereocenters. The minimum absolute atomic E-state index is 0.0101. The van der Waals surface area contributed by atoms with Crippen LogP contribution in [0.25, 0.3) is 0 Å². The lowest BCUT2D eigenvalue weighted by molar-refractivity contribution is -0.185. The van der Waals surface area contributed by atoms with Crippen LogP contribution in [0.1, 0.15) is 118 Å². The van der Waals surface area contributed by atoms with E-state index in [1.807, 2.05) is 30.3 Å². The molecule has 0 aromatic heterocycles. The number of hydrogen-bond donors (Lipinski definition) is 1. The fourth-order valence-corrected chi connectivity index (χ4v) is 11.4. The molecule has 224 valence electrons. The fraction of sp³-hybridized carbons (Fsp3) is 0.730. The van der Waals surface area contributed by atoms with E-state index in [1.165, 1.54) is 37.7 Å². The SMILES string of the molecule is CC1(C(=O)NOCc2ccccc2)CC[C@]2(C)CC[C@]3(C)C(=CC(=O)[C@@H]4[C@@]5(C)CCCC(C)(C)C5CC[C@]43C)[C@H]2C1. The van der Waals surface area contributed by atoms with E-state index >= 15 is 0 Å². The van der Waals surface area contributed by atoms with Gasteiger partial charge in [-0.05, 0) is 108 Å². The lowest BCUT2D eigenvalue weighted by Crippen LogP contribution is -2.65. The van der Waals surface area contributed by atoms with E-state index in [-0.39, 0.29) is 39.4 Å². The standard InChI is InChI=1S/C37H53NO3/c1-32(2)15-11-16-35(5)29(32)14-17-37(7)30(35)28(39)22-26-27-23-34(4,19-18-33(27,3)20-21-36(26,37)6)31(40)38-41-24-25-12-9-8-10-13-25/h8-10,12-13,22,27,29-30H,11,14-21,23-24H2,1-7H3,(H,38,40)/t27-,29?,30-,33-,34?,35+,36-,37-/m1/s1. The van der Waals surface area contributed by atoms with Gasteiger partial charge in [-0.25, -0.2) is 5.48 Å². The second-order valence-electron chi connectivity index (χ2n) is 16.8. The van der Waals surface area contributed by atoms with Crippen LogP contribution >= 0.6 is 0 Å². The minimum Gasteiger partial charge on any atom is -0.295 e. The zero-order valence-electron chi connectivity index (χ0n) is 26.7. The lowest BCUT2D eigenvalue weighted by Gasteiger charge is -2.70. The molecule has 5 aliphatic carbocycles. The summed E-state index contributed by atoms with van der Waals surface area (Å²) in [7, 11) is 0. The van der Waals surface area contributed by atoms with Crippen LogP contribution in [0.15, 0.2) is 42.0 Å². The van der Waals surface area contributed by atoms with E-state index in [0.717, 1.165) is 37.7 Å². The summed E-state index contributed by atoms with van der Waals surface area (Å²) in [4.78, 5) is 33.8. The van der Waals surface area contributed by atoms with Crippen molar-refractivity contribution in [2.75, 3.05) is 0 Å². The van der Waals surface area contributed by atoms with Crippen LogP contribution in [-0.4, -0.2) is 11.7 Å². The molecule has 1 amide bonds. The molecule has 8 atom stereocenters. The van der Waals surface area contributed by atoms with Gasteiger partial charge in [-0.1, -0.05) is 90.8 Å². The maximum atomic E-state index is 14.5. The summed E-state index contributed by atoms with van der Waals surface area (Å²) in [5.74, 6) is 1.31. The number of hydrogen-bond acceptors (Lipinski definition) is 3. The Morgan fingerprint density at radius 2 is 1.61 bits per heavy atom. The van der Waals surface area contributed by atoms with Gasteiger partial charge in [-0.3, -0.25) is 14.4 Å². The van der Waals surface area contributed by atoms with Crippen molar-refractivity contribution >= 4 is 11.7 Å².